The Labute approximate surface area is 116 Å². The Morgan fingerprint density at radius 3 is 2.55 bits per heavy atom. The van der Waals surface area contributed by atoms with Crippen LogP contribution in [0.5, 0.6) is 5.75 Å². The van der Waals surface area contributed by atoms with Gasteiger partial charge in [0.15, 0.2) is 0 Å². The van der Waals surface area contributed by atoms with E-state index in [2.05, 4.69) is 0 Å². The minimum absolute atomic E-state index is 0.0821. The van der Waals surface area contributed by atoms with E-state index in [1.54, 1.807) is 12.1 Å². The van der Waals surface area contributed by atoms with Crippen molar-refractivity contribution in [3.63, 3.8) is 0 Å². The molecule has 104 valence electrons. The lowest BCUT2D eigenvalue weighted by atomic mass is 9.95. The van der Waals surface area contributed by atoms with Crippen molar-refractivity contribution in [2.45, 2.75) is 13.8 Å². The van der Waals surface area contributed by atoms with Crippen LogP contribution in [-0.4, -0.2) is 17.7 Å². The van der Waals surface area contributed by atoms with Crippen LogP contribution in [-0.2, 0) is 0 Å². The van der Waals surface area contributed by atoms with E-state index < -0.39 is 11.8 Å². The van der Waals surface area contributed by atoms with E-state index in [-0.39, 0.29) is 5.56 Å². The van der Waals surface area contributed by atoms with Crippen LogP contribution in [0, 0.1) is 12.7 Å². The molecule has 0 amide bonds. The van der Waals surface area contributed by atoms with Crippen LogP contribution in [0.25, 0.3) is 11.1 Å². The van der Waals surface area contributed by atoms with E-state index in [0.29, 0.717) is 23.5 Å². The summed E-state index contributed by atoms with van der Waals surface area (Å²) in [7, 11) is 0. The van der Waals surface area contributed by atoms with Crippen molar-refractivity contribution in [3.05, 3.63) is 53.3 Å². The molecule has 20 heavy (non-hydrogen) atoms. The summed E-state index contributed by atoms with van der Waals surface area (Å²) in [5.74, 6) is -0.825. The maximum absolute atomic E-state index is 13.4. The van der Waals surface area contributed by atoms with E-state index in [0.717, 1.165) is 11.6 Å². The third-order valence-corrected chi connectivity index (χ3v) is 3.01. The van der Waals surface area contributed by atoms with Crippen molar-refractivity contribution < 1.29 is 19.0 Å². The van der Waals surface area contributed by atoms with E-state index in [4.69, 9.17) is 4.74 Å². The maximum Gasteiger partial charge on any atom is 0.336 e. The first-order valence-electron chi connectivity index (χ1n) is 6.29. The Balaban J connectivity index is 2.56. The lowest BCUT2D eigenvalue weighted by Crippen LogP contribution is -2.01. The van der Waals surface area contributed by atoms with Gasteiger partial charge < -0.3 is 9.84 Å². The van der Waals surface area contributed by atoms with Gasteiger partial charge in [0, 0.05) is 0 Å². The Morgan fingerprint density at radius 2 is 1.95 bits per heavy atom. The SMILES string of the molecule is CCOc1ccc(-c2cc(F)ccc2C(=O)O)c(C)c1. The van der Waals surface area contributed by atoms with Gasteiger partial charge in [-0.05, 0) is 60.9 Å². The number of benzene rings is 2. The van der Waals surface area contributed by atoms with Gasteiger partial charge in [-0.2, -0.15) is 0 Å². The second-order valence-corrected chi connectivity index (χ2v) is 4.40. The fourth-order valence-electron chi connectivity index (χ4n) is 2.12. The molecular weight excluding hydrogens is 259 g/mol. The van der Waals surface area contributed by atoms with Crippen LogP contribution < -0.4 is 4.74 Å². The van der Waals surface area contributed by atoms with Crippen molar-refractivity contribution in [1.82, 2.24) is 0 Å². The number of aromatic carboxylic acids is 1. The van der Waals surface area contributed by atoms with Crippen LogP contribution in [0.1, 0.15) is 22.8 Å². The Bertz CT molecular complexity index is 650. The molecule has 0 saturated carbocycles. The number of rotatable bonds is 4. The molecule has 1 N–H and O–H groups in total. The summed E-state index contributed by atoms with van der Waals surface area (Å²) in [6, 6.07) is 8.99. The average molecular weight is 274 g/mol. The number of carboxylic acids is 1. The fourth-order valence-corrected chi connectivity index (χ4v) is 2.12. The predicted molar refractivity (Wildman–Crippen MR) is 74.7 cm³/mol. The number of carboxylic acid groups (broad SMARTS) is 1. The van der Waals surface area contributed by atoms with Crippen LogP contribution in [0.15, 0.2) is 36.4 Å². The molecule has 2 aromatic rings. The summed E-state index contributed by atoms with van der Waals surface area (Å²) >= 11 is 0. The Kier molecular flexibility index (Phi) is 4.03. The van der Waals surface area contributed by atoms with Crippen molar-refractivity contribution in [2.24, 2.45) is 0 Å². The van der Waals surface area contributed by atoms with Crippen LogP contribution >= 0.6 is 0 Å². The molecule has 0 bridgehead atoms. The Morgan fingerprint density at radius 1 is 1.20 bits per heavy atom. The Hall–Kier alpha value is -2.36. The molecule has 0 saturated heterocycles. The largest absolute Gasteiger partial charge is 0.494 e. The first-order chi connectivity index (χ1) is 9.52. The molecule has 4 heteroatoms. The summed E-state index contributed by atoms with van der Waals surface area (Å²) in [5, 5.41) is 9.20. The number of hydrogen-bond donors (Lipinski definition) is 1. The van der Waals surface area contributed by atoms with E-state index in [1.165, 1.54) is 12.1 Å². The highest BCUT2D eigenvalue weighted by Crippen LogP contribution is 2.30. The zero-order valence-electron chi connectivity index (χ0n) is 11.3. The molecule has 0 fully saturated rings. The quantitative estimate of drug-likeness (QED) is 0.919. The molecule has 0 aromatic heterocycles. The first kappa shape index (κ1) is 14.1. The average Bonchev–Trinajstić information content (AvgIpc) is 2.38. The minimum Gasteiger partial charge on any atom is -0.494 e. The summed E-state index contributed by atoms with van der Waals surface area (Å²) in [4.78, 5) is 11.2. The van der Waals surface area contributed by atoms with Crippen molar-refractivity contribution in [2.75, 3.05) is 6.61 Å². The molecule has 0 spiro atoms. The third-order valence-electron chi connectivity index (χ3n) is 3.01. The molecule has 2 aromatic carbocycles. The van der Waals surface area contributed by atoms with Gasteiger partial charge in [0.2, 0.25) is 0 Å². The fraction of sp³-hybridized carbons (Fsp3) is 0.188. The number of ether oxygens (including phenoxy) is 1. The molecule has 0 aliphatic carbocycles. The van der Waals surface area contributed by atoms with Crippen LogP contribution in [0.4, 0.5) is 4.39 Å². The highest BCUT2D eigenvalue weighted by Gasteiger charge is 2.14. The van der Waals surface area contributed by atoms with Gasteiger partial charge in [0.05, 0.1) is 12.2 Å². The molecular formula is C16H15FO3. The highest BCUT2D eigenvalue weighted by atomic mass is 19.1. The third kappa shape index (κ3) is 2.79. The molecule has 3 nitrogen and oxygen atoms in total. The number of carbonyl (C=O) groups is 1. The highest BCUT2D eigenvalue weighted by molar-refractivity contribution is 5.96. The van der Waals surface area contributed by atoms with Gasteiger partial charge >= 0.3 is 5.97 Å². The topological polar surface area (TPSA) is 46.5 Å². The minimum atomic E-state index is -1.08. The van der Waals surface area contributed by atoms with Crippen molar-refractivity contribution in [3.8, 4) is 16.9 Å². The van der Waals surface area contributed by atoms with Gasteiger partial charge in [-0.15, -0.1) is 0 Å². The summed E-state index contributed by atoms with van der Waals surface area (Å²) in [5.41, 5.74) is 1.98. The number of aryl methyl sites for hydroxylation is 1. The first-order valence-corrected chi connectivity index (χ1v) is 6.29. The molecule has 0 radical (unpaired) electrons. The number of hydrogen-bond acceptors (Lipinski definition) is 2. The van der Waals surface area contributed by atoms with Gasteiger partial charge in [0.1, 0.15) is 11.6 Å². The van der Waals surface area contributed by atoms with Gasteiger partial charge in [-0.3, -0.25) is 0 Å². The standard InChI is InChI=1S/C16H15FO3/c1-3-20-12-5-7-13(10(2)8-12)15-9-11(17)4-6-14(15)16(18)19/h4-9H,3H2,1-2H3,(H,18,19). The normalized spacial score (nSPS) is 10.3. The van der Waals surface area contributed by atoms with Crippen LogP contribution in [0.2, 0.25) is 0 Å². The zero-order chi connectivity index (χ0) is 14.7. The monoisotopic (exact) mass is 274 g/mol. The summed E-state index contributed by atoms with van der Waals surface area (Å²) in [6.45, 7) is 4.28. The summed E-state index contributed by atoms with van der Waals surface area (Å²) in [6.07, 6.45) is 0. The van der Waals surface area contributed by atoms with Crippen molar-refractivity contribution in [1.29, 1.82) is 0 Å². The predicted octanol–water partition coefficient (Wildman–Crippen LogP) is 3.90. The molecule has 0 atom stereocenters. The second-order valence-electron chi connectivity index (χ2n) is 4.40. The number of halogens is 1. The van der Waals surface area contributed by atoms with E-state index >= 15 is 0 Å². The van der Waals surface area contributed by atoms with Gasteiger partial charge in [0.25, 0.3) is 0 Å². The molecule has 0 aliphatic rings. The zero-order valence-corrected chi connectivity index (χ0v) is 11.3. The molecule has 0 heterocycles. The molecule has 0 unspecified atom stereocenters. The van der Waals surface area contributed by atoms with E-state index in [1.807, 2.05) is 19.9 Å². The summed E-state index contributed by atoms with van der Waals surface area (Å²) < 4.78 is 18.8. The second kappa shape index (κ2) is 5.74. The van der Waals surface area contributed by atoms with Gasteiger partial charge in [-0.25, -0.2) is 9.18 Å². The smallest absolute Gasteiger partial charge is 0.336 e. The lowest BCUT2D eigenvalue weighted by Gasteiger charge is -2.11. The van der Waals surface area contributed by atoms with Crippen LogP contribution in [0.3, 0.4) is 0 Å². The molecule has 0 aliphatic heterocycles. The van der Waals surface area contributed by atoms with Gasteiger partial charge in [-0.1, -0.05) is 6.07 Å². The van der Waals surface area contributed by atoms with E-state index in [9.17, 15) is 14.3 Å². The maximum atomic E-state index is 13.4. The molecule has 2 rings (SSSR count). The lowest BCUT2D eigenvalue weighted by molar-refractivity contribution is 0.0697. The van der Waals surface area contributed by atoms with Crippen molar-refractivity contribution >= 4 is 5.97 Å².